The molecule has 2 atom stereocenters. The van der Waals surface area contributed by atoms with Gasteiger partial charge in [-0.2, -0.15) is 10.5 Å². The summed E-state index contributed by atoms with van der Waals surface area (Å²) in [7, 11) is 1.25. The lowest BCUT2D eigenvalue weighted by Crippen LogP contribution is -3.36. The minimum absolute atomic E-state index is 0.336. The largest absolute Gasteiger partial charge is 0.595 e. The summed E-state index contributed by atoms with van der Waals surface area (Å²) >= 11 is 0. The molecule has 0 spiro atoms. The molecule has 0 aromatic carbocycles. The van der Waals surface area contributed by atoms with E-state index in [0.29, 0.717) is 0 Å². The van der Waals surface area contributed by atoms with E-state index >= 15 is 0 Å². The Morgan fingerprint density at radius 1 is 1.36 bits per heavy atom. The Morgan fingerprint density at radius 3 is 1.82 bits per heavy atom. The Bertz CT molecular complexity index is 109. The molecular weight excluding hydrogens is 156 g/mol. The van der Waals surface area contributed by atoms with E-state index < -0.39 is 16.1 Å². The van der Waals surface area contributed by atoms with Gasteiger partial charge in [0, 0.05) is 7.11 Å². The third-order valence-corrected chi connectivity index (χ3v) is 1.38. The Labute approximate surface area is 63.5 Å². The fourth-order valence-electron chi connectivity index (χ4n) is 0.504. The maximum Gasteiger partial charge on any atom is 0.301 e. The molecule has 7 heteroatoms. The van der Waals surface area contributed by atoms with Crippen molar-refractivity contribution < 1.29 is 25.6 Å². The lowest BCUT2D eigenvalue weighted by atomic mass is 10.2. The van der Waals surface area contributed by atoms with Crippen molar-refractivity contribution in [1.82, 2.24) is 0 Å². The van der Waals surface area contributed by atoms with Gasteiger partial charge in [0.15, 0.2) is 6.61 Å². The molecule has 0 heterocycles. The van der Waals surface area contributed by atoms with Gasteiger partial charge in [-0.3, -0.25) is 0 Å². The zero-order valence-electron chi connectivity index (χ0n) is 6.33. The highest BCUT2D eigenvalue weighted by atomic mass is 16.8. The molecule has 0 aliphatic rings. The van der Waals surface area contributed by atoms with E-state index in [4.69, 9.17) is 10.4 Å². The Hall–Kier alpha value is -0.280. The molecule has 0 aliphatic heterocycles. The molecule has 0 saturated carbocycles. The van der Waals surface area contributed by atoms with Crippen LogP contribution in [0.3, 0.4) is 0 Å². The van der Waals surface area contributed by atoms with Gasteiger partial charge in [-0.15, -0.1) is 0 Å². The number of hydroxylamine groups is 4. The van der Waals surface area contributed by atoms with Crippen LogP contribution in [0.4, 0.5) is 0 Å². The summed E-state index contributed by atoms with van der Waals surface area (Å²) in [5, 5.41) is 34.9. The van der Waals surface area contributed by atoms with Gasteiger partial charge in [0.05, 0.1) is 6.92 Å². The van der Waals surface area contributed by atoms with E-state index in [1.165, 1.54) is 7.11 Å². The predicted octanol–water partition coefficient (Wildman–Crippen LogP) is -3.11. The van der Waals surface area contributed by atoms with Crippen molar-refractivity contribution in [3.63, 3.8) is 0 Å². The standard InChI is InChI=1S/C4H12N2O5/c1-4(3-11-2,5(7)8)6(9)10/h5-7,9H,3H2,1-2H3. The Kier molecular flexibility index (Phi) is 3.83. The van der Waals surface area contributed by atoms with Crippen molar-refractivity contribution in [2.24, 2.45) is 0 Å². The fraction of sp³-hybridized carbons (Fsp3) is 1.00. The summed E-state index contributed by atoms with van der Waals surface area (Å²) in [6, 6.07) is 0. The Morgan fingerprint density at radius 2 is 1.73 bits per heavy atom. The van der Waals surface area contributed by atoms with Crippen molar-refractivity contribution in [3.05, 3.63) is 10.4 Å². The minimum Gasteiger partial charge on any atom is -0.595 e. The molecule has 11 heavy (non-hydrogen) atoms. The molecule has 0 bridgehead atoms. The summed E-state index contributed by atoms with van der Waals surface area (Å²) in [5.41, 5.74) is -1.84. The van der Waals surface area contributed by atoms with Crippen LogP contribution < -0.4 is 10.5 Å². The van der Waals surface area contributed by atoms with Gasteiger partial charge in [0.1, 0.15) is 0 Å². The third kappa shape index (κ3) is 2.34. The van der Waals surface area contributed by atoms with Gasteiger partial charge >= 0.3 is 5.66 Å². The van der Waals surface area contributed by atoms with Crippen LogP contribution in [0.1, 0.15) is 6.92 Å². The molecule has 0 saturated heterocycles. The smallest absolute Gasteiger partial charge is 0.301 e. The lowest BCUT2D eigenvalue weighted by Gasteiger charge is -2.36. The van der Waals surface area contributed by atoms with E-state index in [1.54, 1.807) is 0 Å². The highest BCUT2D eigenvalue weighted by molar-refractivity contribution is 4.53. The first-order valence-electron chi connectivity index (χ1n) is 2.91. The van der Waals surface area contributed by atoms with Gasteiger partial charge in [-0.25, -0.2) is 10.4 Å². The van der Waals surface area contributed by atoms with Gasteiger partial charge < -0.3 is 15.2 Å². The maximum absolute atomic E-state index is 10.4. The fourth-order valence-corrected chi connectivity index (χ4v) is 0.504. The number of hydrogen-bond acceptors (Lipinski definition) is 5. The van der Waals surface area contributed by atoms with Crippen LogP contribution in [-0.4, -0.2) is 29.8 Å². The van der Waals surface area contributed by atoms with Crippen molar-refractivity contribution >= 4 is 0 Å². The number of rotatable bonds is 4. The maximum atomic E-state index is 10.4. The van der Waals surface area contributed by atoms with Crippen LogP contribution in [0.5, 0.6) is 0 Å². The first-order chi connectivity index (χ1) is 4.95. The first kappa shape index (κ1) is 10.7. The van der Waals surface area contributed by atoms with Gasteiger partial charge in [0.2, 0.25) is 0 Å². The van der Waals surface area contributed by atoms with Crippen LogP contribution >= 0.6 is 0 Å². The molecule has 2 unspecified atom stereocenters. The first-order valence-corrected chi connectivity index (χ1v) is 2.91. The average molecular weight is 168 g/mol. The van der Waals surface area contributed by atoms with Crippen molar-refractivity contribution in [1.29, 1.82) is 0 Å². The van der Waals surface area contributed by atoms with E-state index in [-0.39, 0.29) is 6.61 Å². The minimum atomic E-state index is -1.84. The average Bonchev–Trinajstić information content (AvgIpc) is 1.87. The quantitative estimate of drug-likeness (QED) is 0.263. The SMILES string of the molecule is COCC(C)([NH+]([O-])O)[NH+]([O-])O. The number of ether oxygens (including phenoxy) is 1. The Balaban J connectivity index is 4.26. The van der Waals surface area contributed by atoms with Crippen LogP contribution in [0.2, 0.25) is 0 Å². The molecule has 0 aromatic heterocycles. The van der Waals surface area contributed by atoms with Gasteiger partial charge in [0.25, 0.3) is 0 Å². The van der Waals surface area contributed by atoms with Crippen molar-refractivity contribution in [2.45, 2.75) is 12.6 Å². The molecule has 0 rings (SSSR count). The van der Waals surface area contributed by atoms with Crippen LogP contribution in [0.15, 0.2) is 0 Å². The summed E-state index contributed by atoms with van der Waals surface area (Å²) < 4.78 is 4.47. The number of methoxy groups -OCH3 is 1. The zero-order valence-corrected chi connectivity index (χ0v) is 6.33. The lowest BCUT2D eigenvalue weighted by molar-refractivity contribution is -1.27. The third-order valence-electron chi connectivity index (χ3n) is 1.38. The number of quaternary nitrogens is 2. The van der Waals surface area contributed by atoms with E-state index in [9.17, 15) is 10.4 Å². The summed E-state index contributed by atoms with van der Waals surface area (Å²) in [4.78, 5) is 0. The number of nitrogens with one attached hydrogen (secondary N) is 2. The summed E-state index contributed by atoms with van der Waals surface area (Å²) in [6.45, 7) is 0.763. The monoisotopic (exact) mass is 168 g/mol. The van der Waals surface area contributed by atoms with Crippen LogP contribution in [0.25, 0.3) is 0 Å². The number of hydrogen-bond donors (Lipinski definition) is 4. The molecule has 0 amide bonds. The van der Waals surface area contributed by atoms with Gasteiger partial charge in [-0.05, 0) is 0 Å². The molecule has 4 N–H and O–H groups in total. The molecular formula is C4H12N2O5. The molecule has 0 aromatic rings. The highest BCUT2D eigenvalue weighted by Crippen LogP contribution is 1.85. The highest BCUT2D eigenvalue weighted by Gasteiger charge is 2.39. The summed E-state index contributed by atoms with van der Waals surface area (Å²) in [6.07, 6.45) is 0. The molecule has 0 fully saturated rings. The van der Waals surface area contributed by atoms with Crippen molar-refractivity contribution in [2.75, 3.05) is 13.7 Å². The zero-order chi connectivity index (χ0) is 9.07. The molecule has 0 radical (unpaired) electrons. The second-order valence-corrected chi connectivity index (χ2v) is 2.38. The molecule has 0 aliphatic carbocycles. The topological polar surface area (TPSA) is 105 Å². The van der Waals surface area contributed by atoms with Crippen LogP contribution in [0, 0.1) is 10.4 Å². The van der Waals surface area contributed by atoms with E-state index in [2.05, 4.69) is 4.74 Å². The second-order valence-electron chi connectivity index (χ2n) is 2.38. The predicted molar refractivity (Wildman–Crippen MR) is 32.5 cm³/mol. The van der Waals surface area contributed by atoms with Crippen molar-refractivity contribution in [3.8, 4) is 0 Å². The molecule has 7 nitrogen and oxygen atoms in total. The summed E-state index contributed by atoms with van der Waals surface area (Å²) in [5.74, 6) is 0. The normalized spacial score (nSPS) is 22.4. The van der Waals surface area contributed by atoms with E-state index in [0.717, 1.165) is 6.92 Å². The van der Waals surface area contributed by atoms with Crippen LogP contribution in [-0.2, 0) is 4.74 Å². The van der Waals surface area contributed by atoms with E-state index in [1.807, 2.05) is 0 Å². The molecule has 68 valence electrons. The second kappa shape index (κ2) is 3.93. The van der Waals surface area contributed by atoms with Gasteiger partial charge in [-0.1, -0.05) is 0 Å².